The number of methoxy groups -OCH3 is 1. The van der Waals surface area contributed by atoms with E-state index < -0.39 is 0 Å². The molecule has 24 heavy (non-hydrogen) atoms. The first-order valence-electron chi connectivity index (χ1n) is 7.86. The Bertz CT molecular complexity index is 833. The van der Waals surface area contributed by atoms with Crippen LogP contribution in [0.25, 0.3) is 5.69 Å². The van der Waals surface area contributed by atoms with Crippen molar-refractivity contribution >= 4 is 11.9 Å². The van der Waals surface area contributed by atoms with Crippen molar-refractivity contribution in [1.29, 1.82) is 0 Å². The first-order valence-corrected chi connectivity index (χ1v) is 7.86. The number of anilines is 1. The molecule has 0 saturated heterocycles. The molecule has 1 heterocycles. The third-order valence-electron chi connectivity index (χ3n) is 3.97. The molecule has 4 nitrogen and oxygen atoms in total. The molecule has 0 atom stereocenters. The van der Waals surface area contributed by atoms with Crippen LogP contribution in [0.15, 0.2) is 65.8 Å². The SMILES string of the molecule is COc1ccc(-n2c(C)cc(/C=N/Nc3ccccc3)c2C)cc1. The maximum atomic E-state index is 5.23. The smallest absolute Gasteiger partial charge is 0.119 e. The summed E-state index contributed by atoms with van der Waals surface area (Å²) < 4.78 is 7.44. The third-order valence-corrected chi connectivity index (χ3v) is 3.97. The summed E-state index contributed by atoms with van der Waals surface area (Å²) in [7, 11) is 1.68. The van der Waals surface area contributed by atoms with Crippen molar-refractivity contribution < 1.29 is 4.74 Å². The molecule has 0 aliphatic heterocycles. The molecule has 0 fully saturated rings. The molecular weight excluding hydrogens is 298 g/mol. The fraction of sp³-hybridized carbons (Fsp3) is 0.150. The summed E-state index contributed by atoms with van der Waals surface area (Å²) in [5.41, 5.74) is 8.53. The van der Waals surface area contributed by atoms with E-state index in [1.807, 2.05) is 48.7 Å². The molecule has 1 aromatic heterocycles. The molecule has 0 spiro atoms. The van der Waals surface area contributed by atoms with Crippen molar-refractivity contribution in [2.24, 2.45) is 5.10 Å². The number of rotatable bonds is 5. The molecule has 3 rings (SSSR count). The van der Waals surface area contributed by atoms with Gasteiger partial charge in [-0.3, -0.25) is 5.43 Å². The molecule has 0 aliphatic carbocycles. The van der Waals surface area contributed by atoms with Crippen molar-refractivity contribution in [2.45, 2.75) is 13.8 Å². The fourth-order valence-corrected chi connectivity index (χ4v) is 2.74. The normalized spacial score (nSPS) is 11.0. The van der Waals surface area contributed by atoms with Crippen molar-refractivity contribution in [3.63, 3.8) is 0 Å². The summed E-state index contributed by atoms with van der Waals surface area (Å²) in [5.74, 6) is 0.857. The topological polar surface area (TPSA) is 38.5 Å². The number of hydrogen-bond donors (Lipinski definition) is 1. The molecule has 0 unspecified atom stereocenters. The lowest BCUT2D eigenvalue weighted by Gasteiger charge is -2.10. The Labute approximate surface area is 142 Å². The minimum atomic E-state index is 0.857. The van der Waals surface area contributed by atoms with Crippen LogP contribution in [0, 0.1) is 13.8 Å². The van der Waals surface area contributed by atoms with Crippen LogP contribution in [0.5, 0.6) is 5.75 Å². The Kier molecular flexibility index (Phi) is 4.66. The van der Waals surface area contributed by atoms with E-state index in [-0.39, 0.29) is 0 Å². The summed E-state index contributed by atoms with van der Waals surface area (Å²) in [6.07, 6.45) is 1.86. The molecule has 122 valence electrons. The van der Waals surface area contributed by atoms with E-state index in [2.05, 4.69) is 47.1 Å². The highest BCUT2D eigenvalue weighted by Gasteiger charge is 2.09. The van der Waals surface area contributed by atoms with Crippen LogP contribution in [0.2, 0.25) is 0 Å². The maximum absolute atomic E-state index is 5.23. The summed E-state index contributed by atoms with van der Waals surface area (Å²) in [5, 5.41) is 4.34. The van der Waals surface area contributed by atoms with E-state index >= 15 is 0 Å². The molecule has 4 heteroatoms. The van der Waals surface area contributed by atoms with Crippen LogP contribution < -0.4 is 10.2 Å². The zero-order valence-corrected chi connectivity index (χ0v) is 14.2. The first-order chi connectivity index (χ1) is 11.7. The predicted octanol–water partition coefficient (Wildman–Crippen LogP) is 4.55. The zero-order valence-electron chi connectivity index (χ0n) is 14.2. The number of para-hydroxylation sites is 1. The van der Waals surface area contributed by atoms with E-state index in [0.717, 1.165) is 28.4 Å². The monoisotopic (exact) mass is 319 g/mol. The standard InChI is InChI=1S/C20H21N3O/c1-15-13-17(14-21-22-18-7-5-4-6-8-18)16(2)23(15)19-9-11-20(24-3)12-10-19/h4-14,22H,1-3H3/b21-14+. The van der Waals surface area contributed by atoms with Gasteiger partial charge in [-0.15, -0.1) is 0 Å². The van der Waals surface area contributed by atoms with Gasteiger partial charge in [-0.1, -0.05) is 18.2 Å². The third kappa shape index (κ3) is 3.33. The predicted molar refractivity (Wildman–Crippen MR) is 99.5 cm³/mol. The Balaban J connectivity index is 1.83. The number of nitrogens with one attached hydrogen (secondary N) is 1. The lowest BCUT2D eigenvalue weighted by atomic mass is 10.2. The molecule has 1 N–H and O–H groups in total. The molecule has 2 aromatic carbocycles. The Morgan fingerprint density at radius 2 is 1.71 bits per heavy atom. The molecule has 0 radical (unpaired) electrons. The lowest BCUT2D eigenvalue weighted by molar-refractivity contribution is 0.414. The second-order valence-corrected chi connectivity index (χ2v) is 5.60. The van der Waals surface area contributed by atoms with E-state index in [1.54, 1.807) is 7.11 Å². The van der Waals surface area contributed by atoms with Gasteiger partial charge in [-0.25, -0.2) is 0 Å². The van der Waals surface area contributed by atoms with Crippen LogP contribution in [0.1, 0.15) is 17.0 Å². The Morgan fingerprint density at radius 3 is 2.38 bits per heavy atom. The highest BCUT2D eigenvalue weighted by Crippen LogP contribution is 2.22. The Hall–Kier alpha value is -3.01. The molecule has 0 aliphatic rings. The van der Waals surface area contributed by atoms with Crippen molar-refractivity contribution in [3.05, 3.63) is 77.6 Å². The minimum Gasteiger partial charge on any atom is -0.497 e. The maximum Gasteiger partial charge on any atom is 0.119 e. The number of aryl methyl sites for hydroxylation is 1. The number of benzene rings is 2. The van der Waals surface area contributed by atoms with Gasteiger partial charge in [0.05, 0.1) is 19.0 Å². The zero-order chi connectivity index (χ0) is 16.9. The summed E-state index contributed by atoms with van der Waals surface area (Å²) in [6, 6.07) is 20.1. The van der Waals surface area contributed by atoms with Gasteiger partial charge in [0.25, 0.3) is 0 Å². The van der Waals surface area contributed by atoms with Gasteiger partial charge >= 0.3 is 0 Å². The lowest BCUT2D eigenvalue weighted by Crippen LogP contribution is -2.00. The Morgan fingerprint density at radius 1 is 1.00 bits per heavy atom. The largest absolute Gasteiger partial charge is 0.497 e. The van der Waals surface area contributed by atoms with Gasteiger partial charge < -0.3 is 9.30 Å². The summed E-state index contributed by atoms with van der Waals surface area (Å²) in [6.45, 7) is 4.19. The highest BCUT2D eigenvalue weighted by molar-refractivity contribution is 5.82. The summed E-state index contributed by atoms with van der Waals surface area (Å²) >= 11 is 0. The molecule has 0 amide bonds. The van der Waals surface area contributed by atoms with Crippen LogP contribution >= 0.6 is 0 Å². The van der Waals surface area contributed by atoms with Gasteiger partial charge in [0.2, 0.25) is 0 Å². The average molecular weight is 319 g/mol. The van der Waals surface area contributed by atoms with E-state index in [4.69, 9.17) is 4.74 Å². The highest BCUT2D eigenvalue weighted by atomic mass is 16.5. The number of aromatic nitrogens is 1. The summed E-state index contributed by atoms with van der Waals surface area (Å²) in [4.78, 5) is 0. The first kappa shape index (κ1) is 15.9. The van der Waals surface area contributed by atoms with Crippen LogP contribution in [0.3, 0.4) is 0 Å². The fourth-order valence-electron chi connectivity index (χ4n) is 2.74. The minimum absolute atomic E-state index is 0.857. The molecule has 3 aromatic rings. The van der Waals surface area contributed by atoms with Crippen molar-refractivity contribution in [3.8, 4) is 11.4 Å². The second-order valence-electron chi connectivity index (χ2n) is 5.60. The van der Waals surface area contributed by atoms with Crippen molar-refractivity contribution in [2.75, 3.05) is 12.5 Å². The number of ether oxygens (including phenoxy) is 1. The van der Waals surface area contributed by atoms with Crippen LogP contribution in [-0.4, -0.2) is 17.9 Å². The van der Waals surface area contributed by atoms with Crippen molar-refractivity contribution in [1.82, 2.24) is 4.57 Å². The van der Waals surface area contributed by atoms with Gasteiger partial charge in [0.15, 0.2) is 0 Å². The average Bonchev–Trinajstić information content (AvgIpc) is 2.90. The van der Waals surface area contributed by atoms with Gasteiger partial charge in [0.1, 0.15) is 5.75 Å². The number of hydrogen-bond acceptors (Lipinski definition) is 3. The number of hydrazone groups is 1. The van der Waals surface area contributed by atoms with Crippen LogP contribution in [-0.2, 0) is 0 Å². The van der Waals surface area contributed by atoms with Gasteiger partial charge in [-0.05, 0) is 56.3 Å². The number of nitrogens with zero attached hydrogens (tertiary/aromatic N) is 2. The van der Waals surface area contributed by atoms with Gasteiger partial charge in [0, 0.05) is 22.6 Å². The molecular formula is C20H21N3O. The quantitative estimate of drug-likeness (QED) is 0.553. The van der Waals surface area contributed by atoms with Crippen LogP contribution in [0.4, 0.5) is 5.69 Å². The van der Waals surface area contributed by atoms with E-state index in [1.165, 1.54) is 5.69 Å². The van der Waals surface area contributed by atoms with E-state index in [9.17, 15) is 0 Å². The molecule has 0 bridgehead atoms. The van der Waals surface area contributed by atoms with E-state index in [0.29, 0.717) is 0 Å². The van der Waals surface area contributed by atoms with Gasteiger partial charge in [-0.2, -0.15) is 5.10 Å². The molecule has 0 saturated carbocycles. The second kappa shape index (κ2) is 7.04.